The van der Waals surface area contributed by atoms with E-state index in [1.165, 1.54) is 5.56 Å². The SMILES string of the molecule is Cc1ccoc1C(=O)N(C)C1CCN(Cc2ccccc2)CC1. The Morgan fingerprint density at radius 1 is 1.22 bits per heavy atom. The standard InChI is InChI=1S/C19H24N2O2/c1-15-10-13-23-18(15)19(22)20(2)17-8-11-21(12-9-17)14-16-6-4-3-5-7-16/h3-7,10,13,17H,8-9,11-12,14H2,1-2H3. The highest BCUT2D eigenvalue weighted by Crippen LogP contribution is 2.20. The maximum Gasteiger partial charge on any atom is 0.289 e. The molecule has 0 spiro atoms. The highest BCUT2D eigenvalue weighted by atomic mass is 16.3. The molecule has 0 saturated carbocycles. The van der Waals surface area contributed by atoms with Crippen LogP contribution < -0.4 is 0 Å². The first-order valence-corrected chi connectivity index (χ1v) is 8.22. The molecule has 1 aromatic heterocycles. The number of likely N-dealkylation sites (tertiary alicyclic amines) is 1. The van der Waals surface area contributed by atoms with Crippen molar-refractivity contribution in [2.45, 2.75) is 32.4 Å². The molecule has 0 N–H and O–H groups in total. The molecule has 4 heteroatoms. The van der Waals surface area contributed by atoms with Crippen molar-refractivity contribution in [1.29, 1.82) is 0 Å². The molecule has 0 unspecified atom stereocenters. The van der Waals surface area contributed by atoms with Gasteiger partial charge in [0, 0.05) is 38.3 Å². The first-order chi connectivity index (χ1) is 11.1. The fourth-order valence-electron chi connectivity index (χ4n) is 3.22. The molecule has 1 aromatic carbocycles. The average molecular weight is 312 g/mol. The van der Waals surface area contributed by atoms with Gasteiger partial charge in [0.15, 0.2) is 5.76 Å². The highest BCUT2D eigenvalue weighted by Gasteiger charge is 2.27. The van der Waals surface area contributed by atoms with Crippen molar-refractivity contribution in [1.82, 2.24) is 9.80 Å². The number of carbonyl (C=O) groups excluding carboxylic acids is 1. The molecule has 0 radical (unpaired) electrons. The maximum absolute atomic E-state index is 12.5. The molecular weight excluding hydrogens is 288 g/mol. The van der Waals surface area contributed by atoms with Crippen molar-refractivity contribution in [3.63, 3.8) is 0 Å². The van der Waals surface area contributed by atoms with Gasteiger partial charge in [-0.25, -0.2) is 0 Å². The zero-order chi connectivity index (χ0) is 16.2. The number of benzene rings is 1. The Balaban J connectivity index is 1.54. The van der Waals surface area contributed by atoms with Gasteiger partial charge in [-0.3, -0.25) is 9.69 Å². The summed E-state index contributed by atoms with van der Waals surface area (Å²) in [6, 6.07) is 12.7. The lowest BCUT2D eigenvalue weighted by atomic mass is 10.0. The third-order valence-electron chi connectivity index (χ3n) is 4.73. The van der Waals surface area contributed by atoms with Crippen molar-refractivity contribution in [2.24, 2.45) is 0 Å². The number of nitrogens with zero attached hydrogens (tertiary/aromatic N) is 2. The van der Waals surface area contributed by atoms with Crippen molar-refractivity contribution in [3.05, 3.63) is 59.5 Å². The number of carbonyl (C=O) groups is 1. The number of amides is 1. The number of piperidine rings is 1. The molecule has 0 bridgehead atoms. The summed E-state index contributed by atoms with van der Waals surface area (Å²) in [5.74, 6) is 0.466. The molecular formula is C19H24N2O2. The quantitative estimate of drug-likeness (QED) is 0.869. The van der Waals surface area contributed by atoms with Crippen LogP contribution in [0.5, 0.6) is 0 Å². The predicted molar refractivity (Wildman–Crippen MR) is 90.3 cm³/mol. The lowest BCUT2D eigenvalue weighted by Gasteiger charge is -2.36. The first kappa shape index (κ1) is 15.8. The zero-order valence-corrected chi connectivity index (χ0v) is 13.9. The van der Waals surface area contributed by atoms with Crippen LogP contribution in [0.15, 0.2) is 47.1 Å². The summed E-state index contributed by atoms with van der Waals surface area (Å²) in [6.45, 7) is 4.94. The second kappa shape index (κ2) is 7.01. The van der Waals surface area contributed by atoms with E-state index in [2.05, 4.69) is 29.2 Å². The third kappa shape index (κ3) is 3.64. The van der Waals surface area contributed by atoms with E-state index in [1.54, 1.807) is 6.26 Å². The minimum Gasteiger partial charge on any atom is -0.459 e. The molecule has 1 aliphatic heterocycles. The molecule has 23 heavy (non-hydrogen) atoms. The topological polar surface area (TPSA) is 36.7 Å². The molecule has 1 saturated heterocycles. The van der Waals surface area contributed by atoms with E-state index in [1.807, 2.05) is 31.0 Å². The van der Waals surface area contributed by atoms with Crippen LogP contribution in [0.4, 0.5) is 0 Å². The lowest BCUT2D eigenvalue weighted by Crippen LogP contribution is -2.45. The summed E-state index contributed by atoms with van der Waals surface area (Å²) >= 11 is 0. The Hall–Kier alpha value is -2.07. The van der Waals surface area contributed by atoms with Crippen molar-refractivity contribution < 1.29 is 9.21 Å². The molecule has 2 aromatic rings. The van der Waals surface area contributed by atoms with Gasteiger partial charge in [0.05, 0.1) is 6.26 Å². The van der Waals surface area contributed by atoms with Crippen LogP contribution in [0, 0.1) is 6.92 Å². The van der Waals surface area contributed by atoms with E-state index in [-0.39, 0.29) is 5.91 Å². The van der Waals surface area contributed by atoms with Crippen LogP contribution in [-0.4, -0.2) is 41.9 Å². The van der Waals surface area contributed by atoms with E-state index in [9.17, 15) is 4.79 Å². The number of furan rings is 1. The van der Waals surface area contributed by atoms with Crippen LogP contribution in [-0.2, 0) is 6.54 Å². The van der Waals surface area contributed by atoms with Gasteiger partial charge in [0.25, 0.3) is 5.91 Å². The summed E-state index contributed by atoms with van der Waals surface area (Å²) in [6.07, 6.45) is 3.60. The average Bonchev–Trinajstić information content (AvgIpc) is 3.01. The molecule has 0 aliphatic carbocycles. The second-order valence-electron chi connectivity index (χ2n) is 6.34. The molecule has 3 rings (SSSR count). The number of hydrogen-bond acceptors (Lipinski definition) is 3. The van der Waals surface area contributed by atoms with Crippen molar-refractivity contribution >= 4 is 5.91 Å². The summed E-state index contributed by atoms with van der Waals surface area (Å²) in [7, 11) is 1.89. The molecule has 122 valence electrons. The Morgan fingerprint density at radius 3 is 2.52 bits per heavy atom. The van der Waals surface area contributed by atoms with Crippen molar-refractivity contribution in [2.75, 3.05) is 20.1 Å². The van der Waals surface area contributed by atoms with E-state index in [0.717, 1.165) is 38.0 Å². The Labute approximate surface area is 137 Å². The summed E-state index contributed by atoms with van der Waals surface area (Å²) in [4.78, 5) is 16.8. The molecule has 0 atom stereocenters. The van der Waals surface area contributed by atoms with Crippen LogP contribution in [0.25, 0.3) is 0 Å². The van der Waals surface area contributed by atoms with Gasteiger partial charge >= 0.3 is 0 Å². The molecule has 1 fully saturated rings. The monoisotopic (exact) mass is 312 g/mol. The third-order valence-corrected chi connectivity index (χ3v) is 4.73. The van der Waals surface area contributed by atoms with Crippen LogP contribution in [0.2, 0.25) is 0 Å². The van der Waals surface area contributed by atoms with Gasteiger partial charge < -0.3 is 9.32 Å². The van der Waals surface area contributed by atoms with Crippen molar-refractivity contribution in [3.8, 4) is 0 Å². The molecule has 2 heterocycles. The first-order valence-electron chi connectivity index (χ1n) is 8.22. The maximum atomic E-state index is 12.5. The summed E-state index contributed by atoms with van der Waals surface area (Å²) in [5, 5.41) is 0. The number of hydrogen-bond donors (Lipinski definition) is 0. The van der Waals surface area contributed by atoms with Gasteiger partial charge in [0.1, 0.15) is 0 Å². The number of rotatable bonds is 4. The Bertz CT molecular complexity index is 642. The Kier molecular flexibility index (Phi) is 4.82. The van der Waals surface area contributed by atoms with E-state index >= 15 is 0 Å². The van der Waals surface area contributed by atoms with Gasteiger partial charge in [-0.05, 0) is 31.4 Å². The minimum atomic E-state index is -0.00555. The largest absolute Gasteiger partial charge is 0.459 e. The second-order valence-corrected chi connectivity index (χ2v) is 6.34. The van der Waals surface area contributed by atoms with Gasteiger partial charge in [0.2, 0.25) is 0 Å². The minimum absolute atomic E-state index is 0.00555. The summed E-state index contributed by atoms with van der Waals surface area (Å²) < 4.78 is 5.34. The lowest BCUT2D eigenvalue weighted by molar-refractivity contribution is 0.0605. The summed E-state index contributed by atoms with van der Waals surface area (Å²) in [5.41, 5.74) is 2.25. The highest BCUT2D eigenvalue weighted by molar-refractivity contribution is 5.92. The molecule has 1 amide bonds. The molecule has 4 nitrogen and oxygen atoms in total. The van der Waals surface area contributed by atoms with Gasteiger partial charge in [-0.2, -0.15) is 0 Å². The predicted octanol–water partition coefficient (Wildman–Crippen LogP) is 3.32. The smallest absolute Gasteiger partial charge is 0.289 e. The van der Waals surface area contributed by atoms with Gasteiger partial charge in [-0.15, -0.1) is 0 Å². The van der Waals surface area contributed by atoms with Gasteiger partial charge in [-0.1, -0.05) is 30.3 Å². The fraction of sp³-hybridized carbons (Fsp3) is 0.421. The fourth-order valence-corrected chi connectivity index (χ4v) is 3.22. The van der Waals surface area contributed by atoms with Crippen LogP contribution in [0.1, 0.15) is 34.5 Å². The van der Waals surface area contributed by atoms with E-state index in [0.29, 0.717) is 11.8 Å². The molecule has 1 aliphatic rings. The normalized spacial score (nSPS) is 16.4. The Morgan fingerprint density at radius 2 is 1.91 bits per heavy atom. The van der Waals surface area contributed by atoms with Crippen LogP contribution >= 0.6 is 0 Å². The zero-order valence-electron chi connectivity index (χ0n) is 13.9. The van der Waals surface area contributed by atoms with E-state index < -0.39 is 0 Å². The number of aryl methyl sites for hydroxylation is 1. The van der Waals surface area contributed by atoms with E-state index in [4.69, 9.17) is 4.42 Å². The van der Waals surface area contributed by atoms with Crippen LogP contribution in [0.3, 0.4) is 0 Å².